The summed E-state index contributed by atoms with van der Waals surface area (Å²) in [6, 6.07) is 7.55. The molecule has 0 aromatic heterocycles. The van der Waals surface area contributed by atoms with Crippen LogP contribution in [0.5, 0.6) is 0 Å². The Labute approximate surface area is 127 Å². The van der Waals surface area contributed by atoms with Crippen molar-refractivity contribution >= 4 is 34.2 Å². The van der Waals surface area contributed by atoms with Gasteiger partial charge in [0, 0.05) is 11.0 Å². The standard InChI is InChI=1S/C13H17BrN2O2.ClH/c1-8(9-2-4-10(14)5-3-9)16-13(18)12-6-11(17)7-15-12;/h2-5,8,11-12,15,17H,6-7H2,1H3,(H,16,18);1H. The highest BCUT2D eigenvalue weighted by atomic mass is 79.9. The van der Waals surface area contributed by atoms with E-state index in [1.165, 1.54) is 0 Å². The van der Waals surface area contributed by atoms with Crippen LogP contribution >= 0.6 is 28.3 Å². The van der Waals surface area contributed by atoms with Crippen LogP contribution in [0.3, 0.4) is 0 Å². The normalized spacial score (nSPS) is 23.5. The number of β-amino-alcohol motifs (C(OH)–C–C–N with tert-alkyl or cyclic N) is 1. The number of amides is 1. The van der Waals surface area contributed by atoms with E-state index in [1.807, 2.05) is 31.2 Å². The fourth-order valence-corrected chi connectivity index (χ4v) is 2.33. The molecule has 0 saturated carbocycles. The molecule has 1 aromatic rings. The number of hydrogen-bond acceptors (Lipinski definition) is 3. The lowest BCUT2D eigenvalue weighted by Crippen LogP contribution is -2.41. The zero-order chi connectivity index (χ0) is 13.1. The van der Waals surface area contributed by atoms with Gasteiger partial charge in [-0.05, 0) is 31.0 Å². The van der Waals surface area contributed by atoms with Crippen LogP contribution in [0.15, 0.2) is 28.7 Å². The van der Waals surface area contributed by atoms with Crippen molar-refractivity contribution in [2.75, 3.05) is 6.54 Å². The third-order valence-corrected chi connectivity index (χ3v) is 3.68. The molecule has 19 heavy (non-hydrogen) atoms. The van der Waals surface area contributed by atoms with Gasteiger partial charge in [0.1, 0.15) is 0 Å². The van der Waals surface area contributed by atoms with Crippen molar-refractivity contribution in [3.05, 3.63) is 34.3 Å². The molecule has 0 radical (unpaired) electrons. The zero-order valence-electron chi connectivity index (χ0n) is 10.6. The number of carbonyl (C=O) groups is 1. The van der Waals surface area contributed by atoms with Crippen molar-refractivity contribution in [1.82, 2.24) is 10.6 Å². The van der Waals surface area contributed by atoms with E-state index < -0.39 is 6.10 Å². The van der Waals surface area contributed by atoms with Crippen LogP contribution in [0.4, 0.5) is 0 Å². The largest absolute Gasteiger partial charge is 0.392 e. The molecule has 1 amide bonds. The molecule has 0 bridgehead atoms. The first-order chi connectivity index (χ1) is 8.56. The number of aliphatic hydroxyl groups is 1. The van der Waals surface area contributed by atoms with E-state index in [-0.39, 0.29) is 30.4 Å². The van der Waals surface area contributed by atoms with Crippen molar-refractivity contribution < 1.29 is 9.90 Å². The van der Waals surface area contributed by atoms with Crippen molar-refractivity contribution in [3.8, 4) is 0 Å². The lowest BCUT2D eigenvalue weighted by molar-refractivity contribution is -0.123. The van der Waals surface area contributed by atoms with E-state index in [1.54, 1.807) is 0 Å². The van der Waals surface area contributed by atoms with Gasteiger partial charge in [-0.15, -0.1) is 12.4 Å². The smallest absolute Gasteiger partial charge is 0.237 e. The summed E-state index contributed by atoms with van der Waals surface area (Å²) >= 11 is 3.38. The summed E-state index contributed by atoms with van der Waals surface area (Å²) in [7, 11) is 0. The maximum absolute atomic E-state index is 11.9. The summed E-state index contributed by atoms with van der Waals surface area (Å²) in [5, 5.41) is 15.3. The van der Waals surface area contributed by atoms with Gasteiger partial charge >= 0.3 is 0 Å². The minimum absolute atomic E-state index is 0. The zero-order valence-corrected chi connectivity index (χ0v) is 13.0. The van der Waals surface area contributed by atoms with Crippen molar-refractivity contribution in [2.24, 2.45) is 0 Å². The van der Waals surface area contributed by atoms with E-state index in [9.17, 15) is 9.90 Å². The number of benzene rings is 1. The molecule has 3 N–H and O–H groups in total. The molecule has 1 saturated heterocycles. The molecule has 1 aliphatic rings. The summed E-state index contributed by atoms with van der Waals surface area (Å²) in [4.78, 5) is 11.9. The van der Waals surface area contributed by atoms with Crippen molar-refractivity contribution in [3.63, 3.8) is 0 Å². The Balaban J connectivity index is 0.00000180. The fraction of sp³-hybridized carbons (Fsp3) is 0.462. The van der Waals surface area contributed by atoms with Crippen molar-refractivity contribution in [1.29, 1.82) is 0 Å². The predicted molar refractivity (Wildman–Crippen MR) is 80.4 cm³/mol. The second-order valence-corrected chi connectivity index (χ2v) is 5.55. The van der Waals surface area contributed by atoms with Crippen LogP contribution in [0.25, 0.3) is 0 Å². The lowest BCUT2D eigenvalue weighted by atomic mass is 10.1. The van der Waals surface area contributed by atoms with Crippen molar-refractivity contribution in [2.45, 2.75) is 31.5 Å². The number of nitrogens with one attached hydrogen (secondary N) is 2. The average molecular weight is 350 g/mol. The fourth-order valence-electron chi connectivity index (χ4n) is 2.07. The van der Waals surface area contributed by atoms with Crippen LogP contribution in [0.2, 0.25) is 0 Å². The first-order valence-corrected chi connectivity index (χ1v) is 6.83. The molecule has 1 aromatic carbocycles. The van der Waals surface area contributed by atoms with Crippen LogP contribution < -0.4 is 10.6 Å². The molecule has 1 aliphatic heterocycles. The Bertz CT molecular complexity index is 427. The highest BCUT2D eigenvalue weighted by Crippen LogP contribution is 2.17. The van der Waals surface area contributed by atoms with Gasteiger partial charge in [0.2, 0.25) is 5.91 Å². The van der Waals surface area contributed by atoms with Crippen LogP contribution in [0, 0.1) is 0 Å². The van der Waals surface area contributed by atoms with Crippen LogP contribution in [0.1, 0.15) is 24.9 Å². The number of halogens is 2. The van der Waals surface area contributed by atoms with Crippen LogP contribution in [-0.2, 0) is 4.79 Å². The Morgan fingerprint density at radius 3 is 2.63 bits per heavy atom. The molecular formula is C13H18BrClN2O2. The second-order valence-electron chi connectivity index (χ2n) is 4.63. The quantitative estimate of drug-likeness (QED) is 0.779. The van der Waals surface area contributed by atoms with E-state index in [0.29, 0.717) is 13.0 Å². The number of aliphatic hydroxyl groups excluding tert-OH is 1. The topological polar surface area (TPSA) is 61.4 Å². The lowest BCUT2D eigenvalue weighted by Gasteiger charge is -2.17. The Morgan fingerprint density at radius 2 is 2.11 bits per heavy atom. The van der Waals surface area contributed by atoms with Gasteiger partial charge in [0.05, 0.1) is 18.2 Å². The van der Waals surface area contributed by atoms with E-state index >= 15 is 0 Å². The Morgan fingerprint density at radius 1 is 1.47 bits per heavy atom. The summed E-state index contributed by atoms with van der Waals surface area (Å²) in [6.45, 7) is 2.44. The summed E-state index contributed by atoms with van der Waals surface area (Å²) in [5.41, 5.74) is 1.06. The number of carbonyl (C=O) groups excluding carboxylic acids is 1. The summed E-state index contributed by atoms with van der Waals surface area (Å²) in [5.74, 6) is -0.0537. The molecule has 1 fully saturated rings. The van der Waals surface area contributed by atoms with E-state index in [2.05, 4.69) is 26.6 Å². The highest BCUT2D eigenvalue weighted by molar-refractivity contribution is 9.10. The molecule has 0 spiro atoms. The van der Waals surface area contributed by atoms with Gasteiger partial charge in [-0.3, -0.25) is 4.79 Å². The van der Waals surface area contributed by atoms with Gasteiger partial charge in [-0.25, -0.2) is 0 Å². The van der Waals surface area contributed by atoms with E-state index in [4.69, 9.17) is 0 Å². The first kappa shape index (κ1) is 16.4. The number of hydrogen-bond donors (Lipinski definition) is 3. The molecule has 1 heterocycles. The average Bonchev–Trinajstić information content (AvgIpc) is 2.76. The Hall–Kier alpha value is -0.620. The Kier molecular flexibility index (Phi) is 6.26. The minimum atomic E-state index is -0.413. The predicted octanol–water partition coefficient (Wildman–Crippen LogP) is 1.77. The van der Waals surface area contributed by atoms with Gasteiger partial charge in [0.25, 0.3) is 0 Å². The minimum Gasteiger partial charge on any atom is -0.392 e. The molecule has 4 nitrogen and oxygen atoms in total. The molecule has 2 rings (SSSR count). The molecule has 106 valence electrons. The maximum Gasteiger partial charge on any atom is 0.237 e. The number of rotatable bonds is 3. The SMILES string of the molecule is CC(NC(=O)C1CC(O)CN1)c1ccc(Br)cc1.Cl. The first-order valence-electron chi connectivity index (χ1n) is 6.03. The second kappa shape index (κ2) is 7.24. The molecule has 3 atom stereocenters. The molecule has 6 heteroatoms. The third kappa shape index (κ3) is 4.45. The highest BCUT2D eigenvalue weighted by Gasteiger charge is 2.28. The van der Waals surface area contributed by atoms with Gasteiger partial charge in [-0.1, -0.05) is 28.1 Å². The summed E-state index contributed by atoms with van der Waals surface area (Å²) in [6.07, 6.45) is 0.0718. The monoisotopic (exact) mass is 348 g/mol. The van der Waals surface area contributed by atoms with Gasteiger partial charge in [0.15, 0.2) is 0 Å². The van der Waals surface area contributed by atoms with Gasteiger partial charge in [-0.2, -0.15) is 0 Å². The maximum atomic E-state index is 11.9. The molecular weight excluding hydrogens is 332 g/mol. The summed E-state index contributed by atoms with van der Waals surface area (Å²) < 4.78 is 1.02. The molecule has 3 unspecified atom stereocenters. The van der Waals surface area contributed by atoms with Crippen LogP contribution in [-0.4, -0.2) is 29.7 Å². The molecule has 0 aliphatic carbocycles. The van der Waals surface area contributed by atoms with Gasteiger partial charge < -0.3 is 15.7 Å². The third-order valence-electron chi connectivity index (χ3n) is 3.15. The van der Waals surface area contributed by atoms with E-state index in [0.717, 1.165) is 10.0 Å².